The van der Waals surface area contributed by atoms with Crippen LogP contribution >= 0.6 is 11.6 Å². The van der Waals surface area contributed by atoms with Gasteiger partial charge in [-0.3, -0.25) is 0 Å². The summed E-state index contributed by atoms with van der Waals surface area (Å²) in [5.74, 6) is 0. The monoisotopic (exact) mass is 377 g/mol. The molecular formula is C17H24ClN5OSi. The first-order valence-electron chi connectivity index (χ1n) is 8.51. The second-order valence-electron chi connectivity index (χ2n) is 7.27. The van der Waals surface area contributed by atoms with Crippen molar-refractivity contribution in [3.63, 3.8) is 0 Å². The van der Waals surface area contributed by atoms with Crippen LogP contribution in [0.1, 0.15) is 6.92 Å². The molecule has 0 aliphatic heterocycles. The van der Waals surface area contributed by atoms with Crippen LogP contribution in [0, 0.1) is 0 Å². The quantitative estimate of drug-likeness (QED) is 0.455. The molecule has 3 rings (SSSR count). The summed E-state index contributed by atoms with van der Waals surface area (Å²) in [6.07, 6.45) is 3.59. The number of halogens is 1. The molecule has 2 aromatic heterocycles. The molecule has 0 amide bonds. The molecule has 0 radical (unpaired) electrons. The Hall–Kier alpha value is -1.70. The van der Waals surface area contributed by atoms with E-state index in [9.17, 15) is 0 Å². The molecule has 134 valence electrons. The first-order valence-corrected chi connectivity index (χ1v) is 12.6. The van der Waals surface area contributed by atoms with Gasteiger partial charge in [0.25, 0.3) is 0 Å². The van der Waals surface area contributed by atoms with E-state index in [4.69, 9.17) is 16.3 Å². The third kappa shape index (κ3) is 4.11. The van der Waals surface area contributed by atoms with E-state index in [1.165, 1.54) is 0 Å². The van der Waals surface area contributed by atoms with Crippen molar-refractivity contribution in [2.75, 3.05) is 6.61 Å². The van der Waals surface area contributed by atoms with Crippen LogP contribution < -0.4 is 0 Å². The number of fused-ring (bicyclic) bond motifs is 1. The molecule has 0 N–H and O–H groups in total. The van der Waals surface area contributed by atoms with Crippen molar-refractivity contribution >= 4 is 30.6 Å². The number of hydrogen-bond donors (Lipinski definition) is 0. The largest absolute Gasteiger partial charge is 0.360 e. The van der Waals surface area contributed by atoms with E-state index >= 15 is 0 Å². The van der Waals surface area contributed by atoms with E-state index in [0.717, 1.165) is 41.4 Å². The lowest BCUT2D eigenvalue weighted by Gasteiger charge is -2.15. The normalized spacial score (nSPS) is 12.2. The van der Waals surface area contributed by atoms with Crippen LogP contribution in [0.5, 0.6) is 0 Å². The molecule has 0 unspecified atom stereocenters. The van der Waals surface area contributed by atoms with Gasteiger partial charge in [-0.05, 0) is 19.0 Å². The van der Waals surface area contributed by atoms with E-state index in [0.29, 0.717) is 11.8 Å². The topological polar surface area (TPSA) is 57.8 Å². The summed E-state index contributed by atoms with van der Waals surface area (Å²) in [7, 11) is -1.10. The molecule has 6 nitrogen and oxygen atoms in total. The first-order chi connectivity index (χ1) is 11.9. The van der Waals surface area contributed by atoms with Crippen LogP contribution in [0.15, 0.2) is 24.5 Å². The predicted molar refractivity (Wildman–Crippen MR) is 104 cm³/mol. The molecule has 0 atom stereocenters. The van der Waals surface area contributed by atoms with Crippen LogP contribution in [0.25, 0.3) is 22.2 Å². The highest BCUT2D eigenvalue weighted by molar-refractivity contribution is 6.76. The van der Waals surface area contributed by atoms with Crippen molar-refractivity contribution in [1.29, 1.82) is 0 Å². The van der Waals surface area contributed by atoms with Crippen molar-refractivity contribution in [3.05, 3.63) is 29.5 Å². The summed E-state index contributed by atoms with van der Waals surface area (Å²) in [5.41, 5.74) is 2.67. The SMILES string of the molecule is CCn1ncc(-c2ccc(Cl)c3c2cnn3COCC[Si](C)(C)C)n1. The van der Waals surface area contributed by atoms with Crippen LogP contribution in [0.2, 0.25) is 30.7 Å². The van der Waals surface area contributed by atoms with Gasteiger partial charge in [-0.25, -0.2) is 4.68 Å². The summed E-state index contributed by atoms with van der Waals surface area (Å²) in [6.45, 7) is 10.9. The Morgan fingerprint density at radius 1 is 1.16 bits per heavy atom. The molecule has 25 heavy (non-hydrogen) atoms. The standard InChI is InChI=1S/C17H24ClN5OSi/c1-5-23-20-11-16(21-23)13-6-7-15(18)17-14(13)10-19-22(17)12-24-8-9-25(2,3)4/h6-7,10-11H,5,8-9,12H2,1-4H3. The van der Waals surface area contributed by atoms with E-state index in [1.807, 2.05) is 29.9 Å². The molecule has 1 aromatic carbocycles. The van der Waals surface area contributed by atoms with E-state index < -0.39 is 8.07 Å². The fourth-order valence-electron chi connectivity index (χ4n) is 2.58. The molecule has 0 fully saturated rings. The molecule has 0 spiro atoms. The van der Waals surface area contributed by atoms with Gasteiger partial charge in [0.2, 0.25) is 0 Å². The first kappa shape index (κ1) is 18.1. The summed E-state index contributed by atoms with van der Waals surface area (Å²) in [4.78, 5) is 1.67. The van der Waals surface area contributed by atoms with Crippen molar-refractivity contribution in [2.45, 2.75) is 45.9 Å². The molecular weight excluding hydrogens is 354 g/mol. The molecule has 3 aromatic rings. The van der Waals surface area contributed by atoms with Crippen molar-refractivity contribution < 1.29 is 4.74 Å². The third-order valence-corrected chi connectivity index (χ3v) is 6.07. The van der Waals surface area contributed by atoms with Crippen molar-refractivity contribution in [3.8, 4) is 11.3 Å². The summed E-state index contributed by atoms with van der Waals surface area (Å²) < 4.78 is 7.64. The minimum Gasteiger partial charge on any atom is -0.360 e. The molecule has 0 saturated carbocycles. The fraction of sp³-hybridized carbons (Fsp3) is 0.471. The van der Waals surface area contributed by atoms with E-state index in [1.54, 1.807) is 11.0 Å². The lowest BCUT2D eigenvalue weighted by Crippen LogP contribution is -2.22. The molecule has 0 bridgehead atoms. The number of hydrogen-bond acceptors (Lipinski definition) is 4. The van der Waals surface area contributed by atoms with Gasteiger partial charge in [0, 0.05) is 25.6 Å². The lowest BCUT2D eigenvalue weighted by atomic mass is 10.1. The van der Waals surface area contributed by atoms with Gasteiger partial charge >= 0.3 is 0 Å². The number of rotatable bonds is 7. The van der Waals surface area contributed by atoms with Gasteiger partial charge in [-0.1, -0.05) is 37.3 Å². The van der Waals surface area contributed by atoms with Gasteiger partial charge < -0.3 is 4.74 Å². The van der Waals surface area contributed by atoms with Crippen LogP contribution in [0.4, 0.5) is 0 Å². The van der Waals surface area contributed by atoms with Gasteiger partial charge in [0.05, 0.1) is 29.5 Å². The number of nitrogens with zero attached hydrogens (tertiary/aromatic N) is 5. The second kappa shape index (κ2) is 7.27. The summed E-state index contributed by atoms with van der Waals surface area (Å²) >= 11 is 6.43. The van der Waals surface area contributed by atoms with Crippen molar-refractivity contribution in [2.24, 2.45) is 0 Å². The second-order valence-corrected chi connectivity index (χ2v) is 13.3. The van der Waals surface area contributed by atoms with Gasteiger partial charge in [0.1, 0.15) is 12.4 Å². The molecule has 0 aliphatic carbocycles. The molecule has 2 heterocycles. The van der Waals surface area contributed by atoms with Crippen LogP contribution in [-0.2, 0) is 18.0 Å². The molecule has 0 aliphatic rings. The Labute approximate surface area is 153 Å². The van der Waals surface area contributed by atoms with Crippen molar-refractivity contribution in [1.82, 2.24) is 24.8 Å². The Bertz CT molecular complexity index is 868. The minimum atomic E-state index is -1.10. The zero-order valence-electron chi connectivity index (χ0n) is 15.2. The Morgan fingerprint density at radius 2 is 1.96 bits per heavy atom. The van der Waals surface area contributed by atoms with E-state index in [-0.39, 0.29) is 0 Å². The summed E-state index contributed by atoms with van der Waals surface area (Å²) in [6, 6.07) is 4.97. The van der Waals surface area contributed by atoms with Gasteiger partial charge in [-0.15, -0.1) is 0 Å². The lowest BCUT2D eigenvalue weighted by molar-refractivity contribution is 0.0817. The van der Waals surface area contributed by atoms with Crippen LogP contribution in [0.3, 0.4) is 0 Å². The average molecular weight is 378 g/mol. The highest BCUT2D eigenvalue weighted by Crippen LogP contribution is 2.32. The van der Waals surface area contributed by atoms with Gasteiger partial charge in [-0.2, -0.15) is 20.1 Å². The fourth-order valence-corrected chi connectivity index (χ4v) is 3.60. The number of benzene rings is 1. The van der Waals surface area contributed by atoms with Crippen LogP contribution in [-0.4, -0.2) is 39.5 Å². The highest BCUT2D eigenvalue weighted by atomic mass is 35.5. The maximum atomic E-state index is 6.43. The molecule has 0 saturated heterocycles. The zero-order chi connectivity index (χ0) is 18.0. The number of aromatic nitrogens is 5. The Balaban J connectivity index is 1.86. The maximum Gasteiger partial charge on any atom is 0.140 e. The highest BCUT2D eigenvalue weighted by Gasteiger charge is 2.15. The molecule has 8 heteroatoms. The minimum absolute atomic E-state index is 0.402. The van der Waals surface area contributed by atoms with E-state index in [2.05, 4.69) is 34.9 Å². The Kier molecular flexibility index (Phi) is 5.26. The third-order valence-electron chi connectivity index (χ3n) is 4.06. The summed E-state index contributed by atoms with van der Waals surface area (Å²) in [5, 5.41) is 14.8. The predicted octanol–water partition coefficient (Wildman–Crippen LogP) is 4.28. The maximum absolute atomic E-state index is 6.43. The number of aryl methyl sites for hydroxylation is 1. The average Bonchev–Trinajstić information content (AvgIpc) is 3.18. The Morgan fingerprint density at radius 3 is 2.64 bits per heavy atom. The zero-order valence-corrected chi connectivity index (χ0v) is 16.9. The number of ether oxygens (including phenoxy) is 1. The van der Waals surface area contributed by atoms with Gasteiger partial charge in [0.15, 0.2) is 0 Å². The smallest absolute Gasteiger partial charge is 0.140 e.